The molecule has 7 heteroatoms. The predicted octanol–water partition coefficient (Wildman–Crippen LogP) is 8.12. The van der Waals surface area contributed by atoms with E-state index in [1.165, 1.54) is 0 Å². The Hall–Kier alpha value is -4.13. The zero-order chi connectivity index (χ0) is 31.6. The second kappa shape index (κ2) is 15.4. The molecule has 3 atom stereocenters. The highest BCUT2D eigenvalue weighted by molar-refractivity contribution is 6.00. The van der Waals surface area contributed by atoms with Gasteiger partial charge in [-0.15, -0.1) is 0 Å². The van der Waals surface area contributed by atoms with E-state index in [1.807, 2.05) is 80.6 Å². The van der Waals surface area contributed by atoms with Gasteiger partial charge in [0.25, 0.3) is 5.91 Å². The number of ether oxygens (including phenoxy) is 1. The smallest absolute Gasteiger partial charge is 0.408 e. The van der Waals surface area contributed by atoms with Gasteiger partial charge in [0.1, 0.15) is 17.7 Å². The molecule has 2 N–H and O–H groups in total. The molecular formula is C36H47N3O4. The first-order valence-corrected chi connectivity index (χ1v) is 15.3. The van der Waals surface area contributed by atoms with E-state index in [1.54, 1.807) is 31.7 Å². The molecule has 0 bridgehead atoms. The van der Waals surface area contributed by atoms with Crippen LogP contribution in [0.3, 0.4) is 0 Å². The molecule has 3 amide bonds. The Morgan fingerprint density at radius 2 is 1.67 bits per heavy atom. The van der Waals surface area contributed by atoms with Gasteiger partial charge in [-0.3, -0.25) is 9.59 Å². The molecule has 0 heterocycles. The summed E-state index contributed by atoms with van der Waals surface area (Å²) in [5.74, 6) is -0.849. The van der Waals surface area contributed by atoms with Crippen LogP contribution in [0.25, 0.3) is 16.8 Å². The molecule has 0 aliphatic rings. The Balaban J connectivity index is 2.07. The third-order valence-corrected chi connectivity index (χ3v) is 7.48. The third-order valence-electron chi connectivity index (χ3n) is 7.48. The number of alkyl carbamates (subject to hydrolysis) is 1. The zero-order valence-corrected chi connectivity index (χ0v) is 26.5. The van der Waals surface area contributed by atoms with Crippen molar-refractivity contribution < 1.29 is 19.1 Å². The van der Waals surface area contributed by atoms with Gasteiger partial charge in [-0.05, 0) is 73.2 Å². The normalized spacial score (nSPS) is 13.4. The van der Waals surface area contributed by atoms with Crippen LogP contribution in [0.2, 0.25) is 0 Å². The van der Waals surface area contributed by atoms with Crippen molar-refractivity contribution in [2.75, 3.05) is 11.9 Å². The first kappa shape index (κ1) is 33.4. The number of amides is 3. The Bertz CT molecular complexity index is 1410. The van der Waals surface area contributed by atoms with Crippen molar-refractivity contribution in [3.8, 4) is 0 Å². The second-order valence-corrected chi connectivity index (χ2v) is 12.1. The van der Waals surface area contributed by atoms with Crippen LogP contribution < -0.4 is 10.6 Å². The van der Waals surface area contributed by atoms with Gasteiger partial charge in [0.05, 0.1) is 0 Å². The van der Waals surface area contributed by atoms with Crippen molar-refractivity contribution >= 4 is 40.4 Å². The molecule has 0 aliphatic carbocycles. The third kappa shape index (κ3) is 9.43. The molecule has 3 unspecified atom stereocenters. The molecule has 0 aliphatic heterocycles. The van der Waals surface area contributed by atoms with E-state index in [9.17, 15) is 14.4 Å². The van der Waals surface area contributed by atoms with E-state index in [0.29, 0.717) is 30.6 Å². The number of carbonyl (C=O) groups is 3. The molecule has 3 aromatic rings. The molecule has 3 rings (SSSR count). The van der Waals surface area contributed by atoms with Gasteiger partial charge in [-0.1, -0.05) is 101 Å². The van der Waals surface area contributed by atoms with Crippen molar-refractivity contribution in [2.24, 2.45) is 5.92 Å². The molecule has 0 radical (unpaired) electrons. The van der Waals surface area contributed by atoms with Crippen LogP contribution in [0.1, 0.15) is 84.4 Å². The molecule has 0 aromatic heterocycles. The number of rotatable bonds is 13. The van der Waals surface area contributed by atoms with Crippen LogP contribution in [-0.2, 0) is 14.3 Å². The van der Waals surface area contributed by atoms with E-state index >= 15 is 0 Å². The summed E-state index contributed by atoms with van der Waals surface area (Å²) in [6.45, 7) is 15.6. The second-order valence-electron chi connectivity index (χ2n) is 12.1. The number of anilines is 1. The summed E-state index contributed by atoms with van der Waals surface area (Å²) in [6.07, 6.45) is 4.26. The van der Waals surface area contributed by atoms with Gasteiger partial charge in [0, 0.05) is 12.2 Å². The molecular weight excluding hydrogens is 538 g/mol. The minimum atomic E-state index is -0.942. The van der Waals surface area contributed by atoms with Crippen LogP contribution in [0, 0.1) is 5.92 Å². The van der Waals surface area contributed by atoms with E-state index in [0.717, 1.165) is 29.2 Å². The fourth-order valence-electron chi connectivity index (χ4n) is 5.00. The van der Waals surface area contributed by atoms with Crippen LogP contribution in [0.15, 0.2) is 73.3 Å². The number of fused-ring (bicyclic) bond motifs is 1. The number of hydrogen-bond donors (Lipinski definition) is 2. The monoisotopic (exact) mass is 585 g/mol. The van der Waals surface area contributed by atoms with E-state index in [2.05, 4.69) is 24.1 Å². The SMILES string of the molecule is C=Cc1cccc(C(C(=O)Nc2ccc3ccccc3c2)N(CCCCC)C(=O)C(NC(=O)OC(C)(C)C)C(C)CC)c1. The van der Waals surface area contributed by atoms with Crippen molar-refractivity contribution in [1.82, 2.24) is 10.2 Å². The maximum Gasteiger partial charge on any atom is 0.408 e. The van der Waals surface area contributed by atoms with Crippen LogP contribution in [0.4, 0.5) is 10.5 Å². The fourth-order valence-corrected chi connectivity index (χ4v) is 5.00. The van der Waals surface area contributed by atoms with E-state index in [4.69, 9.17) is 4.74 Å². The van der Waals surface area contributed by atoms with Crippen molar-refractivity contribution in [3.63, 3.8) is 0 Å². The lowest BCUT2D eigenvalue weighted by atomic mass is 9.95. The summed E-state index contributed by atoms with van der Waals surface area (Å²) in [7, 11) is 0. The number of nitrogens with zero attached hydrogens (tertiary/aromatic N) is 1. The van der Waals surface area contributed by atoms with Gasteiger partial charge < -0.3 is 20.3 Å². The molecule has 0 fully saturated rings. The molecule has 0 saturated carbocycles. The fraction of sp³-hybridized carbons (Fsp3) is 0.417. The molecule has 0 spiro atoms. The molecule has 7 nitrogen and oxygen atoms in total. The van der Waals surface area contributed by atoms with Gasteiger partial charge in [-0.2, -0.15) is 0 Å². The maximum atomic E-state index is 14.5. The summed E-state index contributed by atoms with van der Waals surface area (Å²) in [4.78, 5) is 43.3. The lowest BCUT2D eigenvalue weighted by Crippen LogP contribution is -2.55. The number of benzene rings is 3. The average molecular weight is 586 g/mol. The van der Waals surface area contributed by atoms with Gasteiger partial charge >= 0.3 is 6.09 Å². The summed E-state index contributed by atoms with van der Waals surface area (Å²) in [6, 6.07) is 19.4. The Morgan fingerprint density at radius 3 is 2.33 bits per heavy atom. The summed E-state index contributed by atoms with van der Waals surface area (Å²) < 4.78 is 5.52. The lowest BCUT2D eigenvalue weighted by Gasteiger charge is -2.36. The highest BCUT2D eigenvalue weighted by Crippen LogP contribution is 2.28. The van der Waals surface area contributed by atoms with Gasteiger partial charge in [-0.25, -0.2) is 4.79 Å². The Labute approximate surface area is 256 Å². The summed E-state index contributed by atoms with van der Waals surface area (Å²) in [5, 5.41) is 7.98. The highest BCUT2D eigenvalue weighted by Gasteiger charge is 2.38. The highest BCUT2D eigenvalue weighted by atomic mass is 16.6. The number of hydrogen-bond acceptors (Lipinski definition) is 4. The van der Waals surface area contributed by atoms with Crippen molar-refractivity contribution in [1.29, 1.82) is 0 Å². The summed E-state index contributed by atoms with van der Waals surface area (Å²) >= 11 is 0. The quantitative estimate of drug-likeness (QED) is 0.198. The Morgan fingerprint density at radius 1 is 0.953 bits per heavy atom. The lowest BCUT2D eigenvalue weighted by molar-refractivity contribution is -0.142. The molecule has 43 heavy (non-hydrogen) atoms. The van der Waals surface area contributed by atoms with Crippen LogP contribution in [0.5, 0.6) is 0 Å². The molecule has 3 aromatic carbocycles. The van der Waals surface area contributed by atoms with E-state index < -0.39 is 23.8 Å². The first-order valence-electron chi connectivity index (χ1n) is 15.3. The average Bonchev–Trinajstić information content (AvgIpc) is 2.97. The van der Waals surface area contributed by atoms with Crippen LogP contribution in [-0.4, -0.2) is 41.0 Å². The minimum Gasteiger partial charge on any atom is -0.444 e. The number of nitrogens with one attached hydrogen (secondary N) is 2. The molecule has 0 saturated heterocycles. The topological polar surface area (TPSA) is 87.7 Å². The maximum absolute atomic E-state index is 14.5. The van der Waals surface area contributed by atoms with E-state index in [-0.39, 0.29) is 17.7 Å². The zero-order valence-electron chi connectivity index (χ0n) is 26.5. The Kier molecular flexibility index (Phi) is 11.9. The van der Waals surface area contributed by atoms with Crippen molar-refractivity contribution in [2.45, 2.75) is 84.9 Å². The van der Waals surface area contributed by atoms with Gasteiger partial charge in [0.15, 0.2) is 0 Å². The number of carbonyl (C=O) groups excluding carboxylic acids is 3. The summed E-state index contributed by atoms with van der Waals surface area (Å²) in [5.41, 5.74) is 1.43. The predicted molar refractivity (Wildman–Crippen MR) is 176 cm³/mol. The van der Waals surface area contributed by atoms with Crippen molar-refractivity contribution in [3.05, 3.63) is 84.4 Å². The standard InChI is InChI=1S/C36H47N3O4/c1-8-11-14-22-39(34(41)31(25(4)9-2)38-35(42)43-36(5,6)7)32(29-19-15-16-26(10-3)23-29)33(40)37-30-21-20-27-17-12-13-18-28(27)24-30/h10,12-13,15-21,23-25,31-32H,3,8-9,11,14,22H2,1-2,4-7H3,(H,37,40)(H,38,42). The van der Waals surface area contributed by atoms with Gasteiger partial charge in [0.2, 0.25) is 5.91 Å². The minimum absolute atomic E-state index is 0.197. The molecule has 230 valence electrons. The largest absolute Gasteiger partial charge is 0.444 e. The first-order chi connectivity index (χ1) is 20.5. The van der Waals surface area contributed by atoms with Crippen LogP contribution >= 0.6 is 0 Å². The number of unbranched alkanes of at least 4 members (excludes halogenated alkanes) is 2.